The molecular formula is C13H30N4O. The molecule has 3 N–H and O–H groups in total. The average Bonchev–Trinajstić information content (AvgIpc) is 2.21. The van der Waals surface area contributed by atoms with Crippen LogP contribution in [0.25, 0.3) is 0 Å². The third-order valence-electron chi connectivity index (χ3n) is 2.95. The number of amides is 1. The molecule has 0 spiro atoms. The van der Waals surface area contributed by atoms with Gasteiger partial charge >= 0.3 is 0 Å². The van der Waals surface area contributed by atoms with Gasteiger partial charge in [0.1, 0.15) is 0 Å². The minimum absolute atomic E-state index is 0.255. The van der Waals surface area contributed by atoms with Crippen molar-refractivity contribution >= 4 is 5.91 Å². The van der Waals surface area contributed by atoms with Crippen LogP contribution in [-0.4, -0.2) is 67.6 Å². The van der Waals surface area contributed by atoms with Crippen LogP contribution in [0.2, 0.25) is 0 Å². The summed E-state index contributed by atoms with van der Waals surface area (Å²) in [4.78, 5) is 15.9. The zero-order valence-corrected chi connectivity index (χ0v) is 12.7. The van der Waals surface area contributed by atoms with E-state index in [0.29, 0.717) is 12.6 Å². The lowest BCUT2D eigenvalue weighted by molar-refractivity contribution is -0.120. The van der Waals surface area contributed by atoms with Crippen molar-refractivity contribution in [3.8, 4) is 0 Å². The number of nitrogens with zero attached hydrogens (tertiary/aromatic N) is 2. The number of carbonyl (C=O) groups is 1. The number of hydrogen-bond donors (Lipinski definition) is 2. The summed E-state index contributed by atoms with van der Waals surface area (Å²) in [5.74, 6) is -0.279. The summed E-state index contributed by atoms with van der Waals surface area (Å²) in [6.45, 7) is 10.9. The number of rotatable bonds is 9. The highest BCUT2D eigenvalue weighted by molar-refractivity contribution is 5.80. The molecule has 0 saturated carbocycles. The maximum atomic E-state index is 11.5. The number of nitrogens with one attached hydrogen (secondary N) is 1. The normalized spacial score (nSPS) is 15.4. The van der Waals surface area contributed by atoms with Crippen LogP contribution >= 0.6 is 0 Å². The standard InChI is InChI=1S/C13H30N4O/c1-7-17(11(4)8-16(5)6)9-12(13(14)18)15-10(2)3/h10-12,15H,7-9H2,1-6H3,(H2,14,18). The van der Waals surface area contributed by atoms with Crippen molar-refractivity contribution in [1.29, 1.82) is 0 Å². The Bertz CT molecular complexity index is 243. The van der Waals surface area contributed by atoms with E-state index in [-0.39, 0.29) is 18.0 Å². The Morgan fingerprint density at radius 3 is 2.11 bits per heavy atom. The van der Waals surface area contributed by atoms with Crippen molar-refractivity contribution in [2.24, 2.45) is 5.73 Å². The van der Waals surface area contributed by atoms with Gasteiger partial charge in [0.15, 0.2) is 0 Å². The monoisotopic (exact) mass is 258 g/mol. The molecule has 0 bridgehead atoms. The van der Waals surface area contributed by atoms with Crippen LogP contribution in [0, 0.1) is 0 Å². The molecule has 0 aliphatic carbocycles. The van der Waals surface area contributed by atoms with Crippen molar-refractivity contribution in [2.45, 2.75) is 45.8 Å². The molecule has 108 valence electrons. The largest absolute Gasteiger partial charge is 0.368 e. The van der Waals surface area contributed by atoms with Crippen molar-refractivity contribution < 1.29 is 4.79 Å². The van der Waals surface area contributed by atoms with E-state index in [1.807, 2.05) is 13.8 Å². The summed E-state index contributed by atoms with van der Waals surface area (Å²) >= 11 is 0. The molecule has 0 fully saturated rings. The summed E-state index contributed by atoms with van der Waals surface area (Å²) in [6, 6.07) is 0.376. The predicted molar refractivity (Wildman–Crippen MR) is 76.5 cm³/mol. The molecule has 5 heteroatoms. The van der Waals surface area contributed by atoms with Crippen LogP contribution in [0.3, 0.4) is 0 Å². The summed E-state index contributed by atoms with van der Waals surface area (Å²) in [5.41, 5.74) is 5.45. The molecule has 0 heterocycles. The zero-order chi connectivity index (χ0) is 14.3. The van der Waals surface area contributed by atoms with E-state index in [1.54, 1.807) is 0 Å². The van der Waals surface area contributed by atoms with E-state index in [0.717, 1.165) is 13.1 Å². The Morgan fingerprint density at radius 2 is 1.78 bits per heavy atom. The van der Waals surface area contributed by atoms with Gasteiger partial charge in [-0.25, -0.2) is 0 Å². The highest BCUT2D eigenvalue weighted by Crippen LogP contribution is 2.02. The topological polar surface area (TPSA) is 61.6 Å². The Hall–Kier alpha value is -0.650. The van der Waals surface area contributed by atoms with Crippen LogP contribution < -0.4 is 11.1 Å². The van der Waals surface area contributed by atoms with Crippen molar-refractivity contribution in [1.82, 2.24) is 15.1 Å². The van der Waals surface area contributed by atoms with Gasteiger partial charge in [0.05, 0.1) is 6.04 Å². The van der Waals surface area contributed by atoms with E-state index >= 15 is 0 Å². The summed E-state index contributed by atoms with van der Waals surface area (Å²) in [5, 5.41) is 3.22. The molecule has 0 aromatic heterocycles. The lowest BCUT2D eigenvalue weighted by atomic mass is 10.2. The second kappa shape index (κ2) is 8.45. The second-order valence-corrected chi connectivity index (χ2v) is 5.48. The lowest BCUT2D eigenvalue weighted by Crippen LogP contribution is -2.54. The first-order valence-electron chi connectivity index (χ1n) is 6.72. The van der Waals surface area contributed by atoms with Gasteiger partial charge in [-0.3, -0.25) is 9.69 Å². The number of likely N-dealkylation sites (N-methyl/N-ethyl adjacent to an activating group) is 2. The SMILES string of the molecule is CCN(CC(NC(C)C)C(N)=O)C(C)CN(C)C. The smallest absolute Gasteiger partial charge is 0.235 e. The fourth-order valence-electron chi connectivity index (χ4n) is 2.13. The maximum absolute atomic E-state index is 11.5. The first-order valence-corrected chi connectivity index (χ1v) is 6.72. The van der Waals surface area contributed by atoms with Gasteiger partial charge in [-0.1, -0.05) is 20.8 Å². The van der Waals surface area contributed by atoms with E-state index in [4.69, 9.17) is 5.73 Å². The maximum Gasteiger partial charge on any atom is 0.235 e. The van der Waals surface area contributed by atoms with Crippen LogP contribution in [-0.2, 0) is 4.79 Å². The van der Waals surface area contributed by atoms with E-state index in [1.165, 1.54) is 0 Å². The van der Waals surface area contributed by atoms with Gasteiger partial charge in [-0.15, -0.1) is 0 Å². The Labute approximate surface area is 112 Å². The van der Waals surface area contributed by atoms with Crippen molar-refractivity contribution in [3.05, 3.63) is 0 Å². The van der Waals surface area contributed by atoms with Gasteiger partial charge < -0.3 is 16.0 Å². The highest BCUT2D eigenvalue weighted by atomic mass is 16.1. The van der Waals surface area contributed by atoms with Crippen LogP contribution in [0.4, 0.5) is 0 Å². The van der Waals surface area contributed by atoms with Crippen molar-refractivity contribution in [3.63, 3.8) is 0 Å². The van der Waals surface area contributed by atoms with Crippen LogP contribution in [0.15, 0.2) is 0 Å². The minimum atomic E-state index is -0.283. The summed E-state index contributed by atoms with van der Waals surface area (Å²) < 4.78 is 0. The Morgan fingerprint density at radius 1 is 1.22 bits per heavy atom. The number of hydrogen-bond acceptors (Lipinski definition) is 4. The molecule has 0 aliphatic rings. The van der Waals surface area contributed by atoms with Crippen LogP contribution in [0.5, 0.6) is 0 Å². The fourth-order valence-corrected chi connectivity index (χ4v) is 2.13. The van der Waals surface area contributed by atoms with Gasteiger partial charge in [0.25, 0.3) is 0 Å². The molecule has 2 unspecified atom stereocenters. The molecule has 0 radical (unpaired) electrons. The molecular weight excluding hydrogens is 228 g/mol. The molecule has 0 aromatic carbocycles. The highest BCUT2D eigenvalue weighted by Gasteiger charge is 2.22. The number of carbonyl (C=O) groups excluding carboxylic acids is 1. The molecule has 1 amide bonds. The lowest BCUT2D eigenvalue weighted by Gasteiger charge is -2.33. The molecule has 2 atom stereocenters. The quantitative estimate of drug-likeness (QED) is 0.616. The van der Waals surface area contributed by atoms with Gasteiger partial charge in [-0.2, -0.15) is 0 Å². The first kappa shape index (κ1) is 17.4. The second-order valence-electron chi connectivity index (χ2n) is 5.48. The molecule has 0 rings (SSSR count). The summed E-state index contributed by atoms with van der Waals surface area (Å²) in [6.07, 6.45) is 0. The predicted octanol–water partition coefficient (Wildman–Crippen LogP) is 0.110. The Kier molecular flexibility index (Phi) is 8.15. The third-order valence-corrected chi connectivity index (χ3v) is 2.95. The first-order chi connectivity index (χ1) is 8.27. The number of primary amides is 1. The van der Waals surface area contributed by atoms with Gasteiger partial charge in [-0.05, 0) is 27.6 Å². The number of nitrogens with two attached hydrogens (primary N) is 1. The molecule has 5 nitrogen and oxygen atoms in total. The van der Waals surface area contributed by atoms with E-state index < -0.39 is 0 Å². The molecule has 0 aromatic rings. The minimum Gasteiger partial charge on any atom is -0.368 e. The molecule has 0 aliphatic heterocycles. The third kappa shape index (κ3) is 6.93. The van der Waals surface area contributed by atoms with Crippen molar-refractivity contribution in [2.75, 3.05) is 33.7 Å². The van der Waals surface area contributed by atoms with Gasteiger partial charge in [0, 0.05) is 25.2 Å². The Balaban J connectivity index is 4.50. The molecule has 0 saturated heterocycles. The molecule has 18 heavy (non-hydrogen) atoms. The van der Waals surface area contributed by atoms with E-state index in [2.05, 4.69) is 43.1 Å². The summed E-state index contributed by atoms with van der Waals surface area (Å²) in [7, 11) is 4.12. The van der Waals surface area contributed by atoms with Gasteiger partial charge in [0.2, 0.25) is 5.91 Å². The average molecular weight is 258 g/mol. The fraction of sp³-hybridized carbons (Fsp3) is 0.923. The zero-order valence-electron chi connectivity index (χ0n) is 12.7. The van der Waals surface area contributed by atoms with Crippen LogP contribution in [0.1, 0.15) is 27.7 Å². The van der Waals surface area contributed by atoms with E-state index in [9.17, 15) is 4.79 Å².